The Labute approximate surface area is 326 Å². The van der Waals surface area contributed by atoms with Gasteiger partial charge >= 0.3 is 0 Å². The molecule has 12 heteroatoms. The lowest BCUT2D eigenvalue weighted by Gasteiger charge is -2.40. The fourth-order valence-corrected chi connectivity index (χ4v) is 10.4. The minimum atomic E-state index is -0.602. The molecule has 6 aliphatic heterocycles. The Balaban J connectivity index is 0.758. The summed E-state index contributed by atoms with van der Waals surface area (Å²) in [5, 5.41) is 12.2. The standard InChI is InChI=1S/C43H46ClN7O4/c1-27-21-43(26-51(27)35-7-4-29(22-45)37(44)20-35)12-16-47(17-13-43)33-5-2-28(3-6-33)41(54)48-14-10-34(11-15-48)49-23-30-18-32-25-50(38-8-9-39(52)46-40(38)53)42(55)36(32)19-31(30)24-49/h2-7,18-20,27,34,38H,8-17,21,23-26H2,1H3,(H,46,52,53)/t27-,38?/m0/s1. The van der Waals surface area contributed by atoms with Crippen molar-refractivity contribution in [2.24, 2.45) is 5.41 Å². The second-order valence-corrected chi connectivity index (χ2v) is 17.0. The van der Waals surface area contributed by atoms with Gasteiger partial charge in [0.1, 0.15) is 12.1 Å². The minimum absolute atomic E-state index is 0.0887. The van der Waals surface area contributed by atoms with Crippen molar-refractivity contribution >= 4 is 46.6 Å². The molecule has 0 aromatic heterocycles. The molecule has 9 rings (SSSR count). The summed E-state index contributed by atoms with van der Waals surface area (Å²) in [4.78, 5) is 62.0. The van der Waals surface area contributed by atoms with E-state index in [2.05, 4.69) is 51.2 Å². The Bertz CT molecular complexity index is 2120. The summed E-state index contributed by atoms with van der Waals surface area (Å²) in [5.41, 5.74) is 7.77. The molecule has 2 atom stereocenters. The predicted octanol–water partition coefficient (Wildman–Crippen LogP) is 5.48. The third kappa shape index (κ3) is 6.53. The first-order chi connectivity index (χ1) is 26.6. The van der Waals surface area contributed by atoms with Crippen LogP contribution < -0.4 is 15.1 Å². The maximum atomic E-state index is 13.6. The van der Waals surface area contributed by atoms with Gasteiger partial charge in [0.2, 0.25) is 11.8 Å². The number of rotatable bonds is 5. The maximum Gasteiger partial charge on any atom is 0.255 e. The second-order valence-electron chi connectivity index (χ2n) is 16.6. The van der Waals surface area contributed by atoms with Crippen molar-refractivity contribution in [1.82, 2.24) is 20.0 Å². The number of hydrogen-bond acceptors (Lipinski definition) is 8. The number of benzene rings is 3. The van der Waals surface area contributed by atoms with Crippen molar-refractivity contribution in [2.75, 3.05) is 42.5 Å². The van der Waals surface area contributed by atoms with Crippen LogP contribution in [0.5, 0.6) is 0 Å². The van der Waals surface area contributed by atoms with Gasteiger partial charge in [0, 0.05) is 93.4 Å². The van der Waals surface area contributed by atoms with Gasteiger partial charge in [-0.05, 0) is 116 Å². The van der Waals surface area contributed by atoms with Crippen LogP contribution in [0.15, 0.2) is 54.6 Å². The van der Waals surface area contributed by atoms with Crippen LogP contribution in [-0.2, 0) is 29.2 Å². The van der Waals surface area contributed by atoms with Crippen molar-refractivity contribution < 1.29 is 19.2 Å². The number of nitrogens with zero attached hydrogens (tertiary/aromatic N) is 6. The molecule has 0 bridgehead atoms. The van der Waals surface area contributed by atoms with Crippen LogP contribution in [0.3, 0.4) is 0 Å². The first kappa shape index (κ1) is 35.8. The Morgan fingerprint density at radius 2 is 1.56 bits per heavy atom. The Kier molecular flexibility index (Phi) is 9.09. The number of hydrogen-bond donors (Lipinski definition) is 1. The topological polar surface area (TPSA) is 120 Å². The Hall–Kier alpha value is -4.92. The van der Waals surface area contributed by atoms with Gasteiger partial charge in [0.05, 0.1) is 10.6 Å². The molecule has 0 saturated carbocycles. The number of anilines is 2. The highest BCUT2D eigenvalue weighted by Gasteiger charge is 2.45. The summed E-state index contributed by atoms with van der Waals surface area (Å²) < 4.78 is 0. The molecule has 0 aliphatic carbocycles. The minimum Gasteiger partial charge on any atom is -0.371 e. The number of amides is 4. The van der Waals surface area contributed by atoms with Gasteiger partial charge in [-0.25, -0.2) is 0 Å². The molecule has 6 heterocycles. The van der Waals surface area contributed by atoms with E-state index in [1.165, 1.54) is 5.56 Å². The van der Waals surface area contributed by atoms with Gasteiger partial charge in [0.15, 0.2) is 0 Å². The maximum absolute atomic E-state index is 13.6. The van der Waals surface area contributed by atoms with E-state index in [4.69, 9.17) is 11.6 Å². The fourth-order valence-electron chi connectivity index (χ4n) is 10.2. The van der Waals surface area contributed by atoms with E-state index < -0.39 is 6.04 Å². The molecule has 1 spiro atoms. The highest BCUT2D eigenvalue weighted by Crippen LogP contribution is 2.46. The average Bonchev–Trinajstić information content (AvgIpc) is 3.86. The van der Waals surface area contributed by atoms with E-state index in [0.29, 0.717) is 54.3 Å². The lowest BCUT2D eigenvalue weighted by atomic mass is 9.76. The zero-order valence-electron chi connectivity index (χ0n) is 31.2. The lowest BCUT2D eigenvalue weighted by molar-refractivity contribution is -0.136. The smallest absolute Gasteiger partial charge is 0.255 e. The summed E-state index contributed by atoms with van der Waals surface area (Å²) in [7, 11) is 0. The van der Waals surface area contributed by atoms with E-state index in [9.17, 15) is 24.4 Å². The summed E-state index contributed by atoms with van der Waals surface area (Å²) in [6, 6.07) is 20.4. The summed E-state index contributed by atoms with van der Waals surface area (Å²) in [5.74, 6) is -0.707. The molecule has 1 N–H and O–H groups in total. The highest BCUT2D eigenvalue weighted by molar-refractivity contribution is 6.32. The monoisotopic (exact) mass is 759 g/mol. The Morgan fingerprint density at radius 1 is 0.855 bits per heavy atom. The van der Waals surface area contributed by atoms with Gasteiger partial charge < -0.3 is 19.6 Å². The molecular weight excluding hydrogens is 714 g/mol. The molecule has 3 aromatic carbocycles. The van der Waals surface area contributed by atoms with Crippen LogP contribution in [0.4, 0.5) is 11.4 Å². The third-order valence-electron chi connectivity index (χ3n) is 13.3. The van der Waals surface area contributed by atoms with Crippen LogP contribution in [0.2, 0.25) is 5.02 Å². The average molecular weight is 760 g/mol. The molecule has 4 saturated heterocycles. The molecule has 284 valence electrons. The Morgan fingerprint density at radius 3 is 2.25 bits per heavy atom. The third-order valence-corrected chi connectivity index (χ3v) is 13.6. The van der Waals surface area contributed by atoms with E-state index in [-0.39, 0.29) is 35.5 Å². The lowest BCUT2D eigenvalue weighted by Crippen LogP contribution is -2.52. The molecular formula is C43H46ClN7O4. The van der Waals surface area contributed by atoms with Gasteiger partial charge in [-0.15, -0.1) is 0 Å². The van der Waals surface area contributed by atoms with Crippen LogP contribution in [-0.4, -0.2) is 89.2 Å². The van der Waals surface area contributed by atoms with E-state index >= 15 is 0 Å². The molecule has 4 fully saturated rings. The summed E-state index contributed by atoms with van der Waals surface area (Å²) in [6.07, 6.45) is 5.79. The number of imide groups is 1. The SMILES string of the molecule is C[C@H]1CC2(CCN(c3ccc(C(=O)N4CCC(N5Cc6cc7c(cc6C5)C(=O)N(C5CCC(=O)NC5=O)C7)CC4)cc3)CC2)CN1c1ccc(C#N)c(Cl)c1. The molecule has 3 aromatic rings. The number of carbonyl (C=O) groups is 4. The largest absolute Gasteiger partial charge is 0.371 e. The van der Waals surface area contributed by atoms with E-state index in [1.54, 1.807) is 4.90 Å². The van der Waals surface area contributed by atoms with Gasteiger partial charge in [-0.3, -0.25) is 29.4 Å². The van der Waals surface area contributed by atoms with Crippen LogP contribution >= 0.6 is 11.6 Å². The quantitative estimate of drug-likeness (QED) is 0.340. The predicted molar refractivity (Wildman–Crippen MR) is 209 cm³/mol. The molecule has 55 heavy (non-hydrogen) atoms. The molecule has 1 unspecified atom stereocenters. The van der Waals surface area contributed by atoms with Crippen molar-refractivity contribution in [3.8, 4) is 6.07 Å². The normalized spacial score (nSPS) is 24.0. The highest BCUT2D eigenvalue weighted by atomic mass is 35.5. The number of halogens is 1. The molecule has 11 nitrogen and oxygen atoms in total. The molecule has 6 aliphatic rings. The molecule has 0 radical (unpaired) electrons. The van der Waals surface area contributed by atoms with Crippen molar-refractivity contribution in [3.63, 3.8) is 0 Å². The number of fused-ring (bicyclic) bond motifs is 2. The van der Waals surface area contributed by atoms with Crippen LogP contribution in [0.25, 0.3) is 0 Å². The summed E-state index contributed by atoms with van der Waals surface area (Å²) in [6.45, 7) is 8.66. The van der Waals surface area contributed by atoms with Crippen LogP contribution in [0, 0.1) is 16.7 Å². The van der Waals surface area contributed by atoms with Gasteiger partial charge in [0.25, 0.3) is 11.8 Å². The fraction of sp³-hybridized carbons (Fsp3) is 0.465. The number of carbonyl (C=O) groups excluding carboxylic acids is 4. The number of nitriles is 1. The van der Waals surface area contributed by atoms with Gasteiger partial charge in [-0.1, -0.05) is 17.7 Å². The first-order valence-corrected chi connectivity index (χ1v) is 20.1. The first-order valence-electron chi connectivity index (χ1n) is 19.7. The van der Waals surface area contributed by atoms with Crippen molar-refractivity contribution in [2.45, 2.75) is 89.6 Å². The van der Waals surface area contributed by atoms with Crippen molar-refractivity contribution in [1.29, 1.82) is 5.26 Å². The molecule has 4 amide bonds. The van der Waals surface area contributed by atoms with Crippen LogP contribution in [0.1, 0.15) is 94.8 Å². The second kappa shape index (κ2) is 14.0. The van der Waals surface area contributed by atoms with E-state index in [1.807, 2.05) is 41.3 Å². The summed E-state index contributed by atoms with van der Waals surface area (Å²) >= 11 is 6.38. The zero-order chi connectivity index (χ0) is 38.0. The number of likely N-dealkylation sites (tertiary alicyclic amines) is 1. The zero-order valence-corrected chi connectivity index (χ0v) is 32.0. The van der Waals surface area contributed by atoms with Crippen molar-refractivity contribution in [3.05, 3.63) is 93.0 Å². The number of nitrogens with one attached hydrogen (secondary N) is 1. The number of piperidine rings is 3. The van der Waals surface area contributed by atoms with E-state index in [0.717, 1.165) is 92.9 Å². The van der Waals surface area contributed by atoms with Gasteiger partial charge in [-0.2, -0.15) is 5.26 Å².